The molecule has 1 saturated heterocycles. The van der Waals surface area contributed by atoms with Crippen LogP contribution >= 0.6 is 0 Å². The number of carbonyl (C=O) groups is 1. The zero-order chi connectivity index (χ0) is 16.2. The molecule has 2 heterocycles. The Morgan fingerprint density at radius 2 is 1.78 bits per heavy atom. The zero-order valence-corrected chi connectivity index (χ0v) is 13.1. The van der Waals surface area contributed by atoms with Crippen molar-refractivity contribution in [3.05, 3.63) is 47.9 Å². The van der Waals surface area contributed by atoms with E-state index in [1.165, 1.54) is 18.6 Å². The van der Waals surface area contributed by atoms with Gasteiger partial charge in [-0.2, -0.15) is 0 Å². The van der Waals surface area contributed by atoms with E-state index < -0.39 is 0 Å². The van der Waals surface area contributed by atoms with E-state index in [0.29, 0.717) is 17.1 Å². The highest BCUT2D eigenvalue weighted by molar-refractivity contribution is 5.93. The van der Waals surface area contributed by atoms with Gasteiger partial charge in [0.15, 0.2) is 0 Å². The van der Waals surface area contributed by atoms with Gasteiger partial charge in [-0.3, -0.25) is 4.79 Å². The van der Waals surface area contributed by atoms with Gasteiger partial charge in [0, 0.05) is 18.7 Å². The van der Waals surface area contributed by atoms with E-state index in [0.717, 1.165) is 31.5 Å². The van der Waals surface area contributed by atoms with Crippen LogP contribution in [-0.4, -0.2) is 36.0 Å². The normalized spacial score (nSPS) is 14.6. The zero-order valence-electron chi connectivity index (χ0n) is 13.1. The lowest BCUT2D eigenvalue weighted by Gasteiger charge is -2.26. The van der Waals surface area contributed by atoms with Crippen LogP contribution in [0, 0.1) is 5.82 Å². The predicted molar refractivity (Wildman–Crippen MR) is 85.9 cm³/mol. The fraction of sp³-hybridized carbons (Fsp3) is 0.333. The Bertz CT molecular complexity index is 695. The van der Waals surface area contributed by atoms with Gasteiger partial charge in [0.05, 0.1) is 7.11 Å². The first-order chi connectivity index (χ1) is 11.2. The Morgan fingerprint density at radius 1 is 1.09 bits per heavy atom. The molecule has 1 fully saturated rings. The molecule has 0 atom stereocenters. The number of benzene rings is 1. The van der Waals surface area contributed by atoms with Crippen LogP contribution in [0.1, 0.15) is 29.8 Å². The molecule has 0 radical (unpaired) electrons. The van der Waals surface area contributed by atoms with E-state index in [-0.39, 0.29) is 11.7 Å². The van der Waals surface area contributed by atoms with E-state index in [2.05, 4.69) is 4.98 Å². The molecule has 0 N–H and O–H groups in total. The van der Waals surface area contributed by atoms with Crippen molar-refractivity contribution in [2.75, 3.05) is 20.2 Å². The van der Waals surface area contributed by atoms with Crippen LogP contribution < -0.4 is 4.74 Å². The topological polar surface area (TPSA) is 42.4 Å². The minimum Gasteiger partial charge on any atom is -0.494 e. The van der Waals surface area contributed by atoms with Crippen molar-refractivity contribution in [1.29, 1.82) is 0 Å². The number of ether oxygens (including phenoxy) is 1. The fourth-order valence-electron chi connectivity index (χ4n) is 2.80. The Kier molecular flexibility index (Phi) is 4.55. The molecule has 120 valence electrons. The van der Waals surface area contributed by atoms with Gasteiger partial charge in [0.1, 0.15) is 23.0 Å². The molecule has 0 spiro atoms. The SMILES string of the molecule is COc1ccc(C(=O)N2CCCCC2)nc1-c1ccc(F)cc1. The molecule has 1 aliphatic rings. The fourth-order valence-corrected chi connectivity index (χ4v) is 2.80. The van der Waals surface area contributed by atoms with Gasteiger partial charge < -0.3 is 9.64 Å². The number of piperidine rings is 1. The smallest absolute Gasteiger partial charge is 0.272 e. The summed E-state index contributed by atoms with van der Waals surface area (Å²) in [7, 11) is 1.55. The Hall–Kier alpha value is -2.43. The van der Waals surface area contributed by atoms with Crippen LogP contribution in [0.25, 0.3) is 11.3 Å². The second-order valence-electron chi connectivity index (χ2n) is 5.61. The van der Waals surface area contributed by atoms with Crippen molar-refractivity contribution in [1.82, 2.24) is 9.88 Å². The number of carbonyl (C=O) groups excluding carboxylic acids is 1. The Morgan fingerprint density at radius 3 is 2.43 bits per heavy atom. The van der Waals surface area contributed by atoms with Crippen LogP contribution in [0.4, 0.5) is 4.39 Å². The van der Waals surface area contributed by atoms with Crippen LogP contribution in [-0.2, 0) is 0 Å². The number of rotatable bonds is 3. The molecule has 0 unspecified atom stereocenters. The average Bonchev–Trinajstić information content (AvgIpc) is 2.62. The van der Waals surface area contributed by atoms with Crippen molar-refractivity contribution >= 4 is 5.91 Å². The average molecular weight is 314 g/mol. The number of hydrogen-bond donors (Lipinski definition) is 0. The third kappa shape index (κ3) is 3.33. The molecule has 5 heteroatoms. The predicted octanol–water partition coefficient (Wildman–Crippen LogP) is 3.52. The summed E-state index contributed by atoms with van der Waals surface area (Å²) in [5.41, 5.74) is 1.67. The third-order valence-electron chi connectivity index (χ3n) is 4.06. The number of methoxy groups -OCH3 is 1. The molecule has 2 aromatic rings. The highest BCUT2D eigenvalue weighted by atomic mass is 19.1. The summed E-state index contributed by atoms with van der Waals surface area (Å²) in [4.78, 5) is 18.9. The van der Waals surface area contributed by atoms with Gasteiger partial charge in [-0.15, -0.1) is 0 Å². The van der Waals surface area contributed by atoms with Crippen LogP contribution in [0.3, 0.4) is 0 Å². The van der Waals surface area contributed by atoms with Crippen molar-refractivity contribution < 1.29 is 13.9 Å². The summed E-state index contributed by atoms with van der Waals surface area (Å²) in [5.74, 6) is 0.191. The quantitative estimate of drug-likeness (QED) is 0.870. The summed E-state index contributed by atoms with van der Waals surface area (Å²) in [6.45, 7) is 1.55. The van der Waals surface area contributed by atoms with Gasteiger partial charge in [-0.05, 0) is 55.7 Å². The number of aromatic nitrogens is 1. The number of halogens is 1. The van der Waals surface area contributed by atoms with Crippen LogP contribution in [0.15, 0.2) is 36.4 Å². The molecular weight excluding hydrogens is 295 g/mol. The first-order valence-corrected chi connectivity index (χ1v) is 7.79. The number of likely N-dealkylation sites (tertiary alicyclic amines) is 1. The van der Waals surface area contributed by atoms with Crippen LogP contribution in [0.5, 0.6) is 5.75 Å². The molecule has 1 aromatic carbocycles. The Balaban J connectivity index is 1.95. The van der Waals surface area contributed by atoms with E-state index >= 15 is 0 Å². The highest BCUT2D eigenvalue weighted by Crippen LogP contribution is 2.28. The van der Waals surface area contributed by atoms with Gasteiger partial charge in [-0.1, -0.05) is 0 Å². The molecule has 1 aliphatic heterocycles. The maximum atomic E-state index is 13.1. The van der Waals surface area contributed by atoms with Crippen molar-refractivity contribution in [2.24, 2.45) is 0 Å². The van der Waals surface area contributed by atoms with E-state index in [4.69, 9.17) is 4.74 Å². The molecular formula is C18H19FN2O2. The van der Waals surface area contributed by atoms with Gasteiger partial charge >= 0.3 is 0 Å². The second-order valence-corrected chi connectivity index (χ2v) is 5.61. The monoisotopic (exact) mass is 314 g/mol. The third-order valence-corrected chi connectivity index (χ3v) is 4.06. The summed E-state index contributed by atoms with van der Waals surface area (Å²) < 4.78 is 18.5. The van der Waals surface area contributed by atoms with Gasteiger partial charge in [0.2, 0.25) is 0 Å². The lowest BCUT2D eigenvalue weighted by molar-refractivity contribution is 0.0718. The number of nitrogens with zero attached hydrogens (tertiary/aromatic N) is 2. The summed E-state index contributed by atoms with van der Waals surface area (Å²) in [6, 6.07) is 9.43. The molecule has 23 heavy (non-hydrogen) atoms. The van der Waals surface area contributed by atoms with Crippen molar-refractivity contribution in [3.63, 3.8) is 0 Å². The standard InChI is InChI=1S/C18H19FN2O2/c1-23-16-10-9-15(18(22)21-11-3-2-4-12-21)20-17(16)13-5-7-14(19)8-6-13/h5-10H,2-4,11-12H2,1H3. The molecule has 0 aliphatic carbocycles. The molecule has 0 bridgehead atoms. The van der Waals surface area contributed by atoms with E-state index in [1.54, 1.807) is 31.4 Å². The largest absolute Gasteiger partial charge is 0.494 e. The van der Waals surface area contributed by atoms with Crippen molar-refractivity contribution in [3.8, 4) is 17.0 Å². The molecule has 1 amide bonds. The minimum atomic E-state index is -0.312. The number of hydrogen-bond acceptors (Lipinski definition) is 3. The summed E-state index contributed by atoms with van der Waals surface area (Å²) in [5, 5.41) is 0. The molecule has 4 nitrogen and oxygen atoms in total. The summed E-state index contributed by atoms with van der Waals surface area (Å²) >= 11 is 0. The highest BCUT2D eigenvalue weighted by Gasteiger charge is 2.21. The van der Waals surface area contributed by atoms with E-state index in [1.807, 2.05) is 4.90 Å². The Labute approximate surface area is 134 Å². The molecule has 0 saturated carbocycles. The van der Waals surface area contributed by atoms with E-state index in [9.17, 15) is 9.18 Å². The number of pyridine rings is 1. The first kappa shape index (κ1) is 15.5. The van der Waals surface area contributed by atoms with Crippen molar-refractivity contribution in [2.45, 2.75) is 19.3 Å². The first-order valence-electron chi connectivity index (χ1n) is 7.79. The molecule has 1 aromatic heterocycles. The van der Waals surface area contributed by atoms with Gasteiger partial charge in [-0.25, -0.2) is 9.37 Å². The number of amides is 1. The molecule has 3 rings (SSSR count). The maximum absolute atomic E-state index is 13.1. The van der Waals surface area contributed by atoms with Gasteiger partial charge in [0.25, 0.3) is 5.91 Å². The minimum absolute atomic E-state index is 0.0595. The summed E-state index contributed by atoms with van der Waals surface area (Å²) in [6.07, 6.45) is 3.24. The van der Waals surface area contributed by atoms with Crippen LogP contribution in [0.2, 0.25) is 0 Å². The second kappa shape index (κ2) is 6.77. The lowest BCUT2D eigenvalue weighted by Crippen LogP contribution is -2.36. The maximum Gasteiger partial charge on any atom is 0.272 e. The lowest BCUT2D eigenvalue weighted by atomic mass is 10.1.